The van der Waals surface area contributed by atoms with E-state index in [1.54, 1.807) is 11.1 Å². The molecular weight excluding hydrogens is 194 g/mol. The average Bonchev–Trinajstić information content (AvgIpc) is 2.39. The Kier molecular flexibility index (Phi) is 2.54. The van der Waals surface area contributed by atoms with E-state index in [-0.39, 0.29) is 12.4 Å². The Morgan fingerprint density at radius 1 is 1.14 bits per heavy atom. The zero-order chi connectivity index (χ0) is 8.84. The smallest absolute Gasteiger partial charge is 0.00207 e. The van der Waals surface area contributed by atoms with Crippen LogP contribution in [0, 0.1) is 6.92 Å². The van der Waals surface area contributed by atoms with Crippen molar-refractivity contribution in [2.24, 2.45) is 0 Å². The summed E-state index contributed by atoms with van der Waals surface area (Å²) in [5, 5.41) is 3.51. The number of hydrogen-bond acceptors (Lipinski definition) is 1. The van der Waals surface area contributed by atoms with Gasteiger partial charge in [-0.3, -0.25) is 0 Å². The molecule has 2 heteroatoms. The Morgan fingerprint density at radius 3 is 2.64 bits per heavy atom. The Morgan fingerprint density at radius 2 is 1.86 bits per heavy atom. The standard InChI is InChI=1S/C12H15N.ClH/c1-8-2-3-11-9-5-10(7-13-6-9)12(11)4-8;/h2-4,9-10,13H,5-7H2,1H3;1H. The van der Waals surface area contributed by atoms with Gasteiger partial charge in [-0.2, -0.15) is 0 Å². The lowest BCUT2D eigenvalue weighted by molar-refractivity contribution is 0.454. The van der Waals surface area contributed by atoms with Crippen LogP contribution in [0.1, 0.15) is 34.9 Å². The molecule has 1 saturated heterocycles. The molecule has 2 aliphatic rings. The van der Waals surface area contributed by atoms with Crippen LogP contribution in [0.4, 0.5) is 0 Å². The third kappa shape index (κ3) is 1.35. The first kappa shape index (κ1) is 10.0. The summed E-state index contributed by atoms with van der Waals surface area (Å²) in [7, 11) is 0. The second-order valence-electron chi connectivity index (χ2n) is 4.42. The lowest BCUT2D eigenvalue weighted by atomic mass is 9.98. The summed E-state index contributed by atoms with van der Waals surface area (Å²) >= 11 is 0. The molecule has 2 bridgehead atoms. The molecule has 2 unspecified atom stereocenters. The maximum atomic E-state index is 3.51. The van der Waals surface area contributed by atoms with Crippen LogP contribution in [0.2, 0.25) is 0 Å². The Hall–Kier alpha value is -0.530. The fourth-order valence-electron chi connectivity index (χ4n) is 2.84. The van der Waals surface area contributed by atoms with E-state index in [1.165, 1.54) is 25.1 Å². The number of piperidine rings is 1. The largest absolute Gasteiger partial charge is 0.316 e. The van der Waals surface area contributed by atoms with Gasteiger partial charge < -0.3 is 5.32 Å². The monoisotopic (exact) mass is 209 g/mol. The second-order valence-corrected chi connectivity index (χ2v) is 4.42. The van der Waals surface area contributed by atoms with Gasteiger partial charge in [0, 0.05) is 13.1 Å². The first-order valence-electron chi connectivity index (χ1n) is 5.16. The van der Waals surface area contributed by atoms with Gasteiger partial charge in [-0.15, -0.1) is 12.4 Å². The molecule has 0 aromatic heterocycles. The van der Waals surface area contributed by atoms with Gasteiger partial charge in [0.2, 0.25) is 0 Å². The summed E-state index contributed by atoms with van der Waals surface area (Å²) in [6.45, 7) is 4.56. The number of rotatable bonds is 0. The van der Waals surface area contributed by atoms with Crippen LogP contribution in [-0.2, 0) is 0 Å². The molecule has 1 aliphatic carbocycles. The summed E-state index contributed by atoms with van der Waals surface area (Å²) in [5.41, 5.74) is 4.64. The quantitative estimate of drug-likeness (QED) is 0.693. The fourth-order valence-corrected chi connectivity index (χ4v) is 2.84. The second kappa shape index (κ2) is 3.56. The van der Waals surface area contributed by atoms with Crippen molar-refractivity contribution in [2.45, 2.75) is 25.2 Å². The van der Waals surface area contributed by atoms with Crippen molar-refractivity contribution in [3.63, 3.8) is 0 Å². The third-order valence-electron chi connectivity index (χ3n) is 3.47. The van der Waals surface area contributed by atoms with E-state index in [4.69, 9.17) is 0 Å². The van der Waals surface area contributed by atoms with Crippen molar-refractivity contribution < 1.29 is 0 Å². The van der Waals surface area contributed by atoms with Gasteiger partial charge >= 0.3 is 0 Å². The van der Waals surface area contributed by atoms with E-state index in [2.05, 4.69) is 30.4 Å². The van der Waals surface area contributed by atoms with Crippen molar-refractivity contribution in [2.75, 3.05) is 13.1 Å². The van der Waals surface area contributed by atoms with Crippen LogP contribution in [0.3, 0.4) is 0 Å². The minimum Gasteiger partial charge on any atom is -0.316 e. The van der Waals surface area contributed by atoms with Crippen molar-refractivity contribution >= 4 is 12.4 Å². The Bertz CT molecular complexity index is 348. The summed E-state index contributed by atoms with van der Waals surface area (Å²) in [4.78, 5) is 0. The molecule has 0 saturated carbocycles. The highest BCUT2D eigenvalue weighted by Gasteiger charge is 2.33. The van der Waals surface area contributed by atoms with Crippen LogP contribution in [0.5, 0.6) is 0 Å². The van der Waals surface area contributed by atoms with E-state index >= 15 is 0 Å². The highest BCUT2D eigenvalue weighted by atomic mass is 35.5. The maximum absolute atomic E-state index is 3.51. The first-order valence-corrected chi connectivity index (χ1v) is 5.16. The Labute approximate surface area is 91.3 Å². The topological polar surface area (TPSA) is 12.0 Å². The maximum Gasteiger partial charge on any atom is 0.00207 e. The summed E-state index contributed by atoms with van der Waals surface area (Å²) in [6.07, 6.45) is 1.38. The van der Waals surface area contributed by atoms with Crippen LogP contribution in [0.15, 0.2) is 18.2 Å². The molecule has 1 nitrogen and oxygen atoms in total. The molecule has 1 aliphatic heterocycles. The number of halogens is 1. The third-order valence-corrected chi connectivity index (χ3v) is 3.47. The van der Waals surface area contributed by atoms with Crippen molar-refractivity contribution in [3.05, 3.63) is 34.9 Å². The first-order chi connectivity index (χ1) is 6.34. The molecule has 0 spiro atoms. The molecule has 3 rings (SSSR count). The molecule has 1 aromatic rings. The van der Waals surface area contributed by atoms with Crippen molar-refractivity contribution in [3.8, 4) is 0 Å². The van der Waals surface area contributed by atoms with Crippen molar-refractivity contribution in [1.29, 1.82) is 0 Å². The van der Waals surface area contributed by atoms with Gasteiger partial charge in [-0.05, 0) is 36.3 Å². The van der Waals surface area contributed by atoms with Gasteiger partial charge in [0.15, 0.2) is 0 Å². The SMILES string of the molecule is Cc1ccc2c(c1)C1CNCC2C1.Cl. The molecular formula is C12H16ClN. The lowest BCUT2D eigenvalue weighted by Gasteiger charge is -2.19. The number of fused-ring (bicyclic) bond motifs is 5. The summed E-state index contributed by atoms with van der Waals surface area (Å²) in [6, 6.07) is 6.97. The molecule has 1 heterocycles. The van der Waals surface area contributed by atoms with Crippen LogP contribution in [-0.4, -0.2) is 13.1 Å². The van der Waals surface area contributed by atoms with Crippen LogP contribution >= 0.6 is 12.4 Å². The number of benzene rings is 1. The van der Waals surface area contributed by atoms with E-state index in [9.17, 15) is 0 Å². The molecule has 14 heavy (non-hydrogen) atoms. The fraction of sp³-hybridized carbons (Fsp3) is 0.500. The molecule has 76 valence electrons. The summed E-state index contributed by atoms with van der Waals surface area (Å²) in [5.74, 6) is 1.60. The van der Waals surface area contributed by atoms with Gasteiger partial charge in [-0.1, -0.05) is 23.8 Å². The number of hydrogen-bond donors (Lipinski definition) is 1. The minimum atomic E-state index is 0. The number of aryl methyl sites for hydroxylation is 1. The van der Waals surface area contributed by atoms with Gasteiger partial charge in [-0.25, -0.2) is 0 Å². The molecule has 1 aromatic carbocycles. The molecule has 1 N–H and O–H groups in total. The average molecular weight is 210 g/mol. The lowest BCUT2D eigenvalue weighted by Crippen LogP contribution is -2.28. The van der Waals surface area contributed by atoms with Gasteiger partial charge in [0.25, 0.3) is 0 Å². The Balaban J connectivity index is 0.000000750. The zero-order valence-corrected chi connectivity index (χ0v) is 9.23. The molecule has 0 amide bonds. The van der Waals surface area contributed by atoms with E-state index in [0.717, 1.165) is 11.8 Å². The molecule has 2 atom stereocenters. The van der Waals surface area contributed by atoms with Crippen LogP contribution < -0.4 is 5.32 Å². The van der Waals surface area contributed by atoms with Crippen molar-refractivity contribution in [1.82, 2.24) is 5.32 Å². The molecule has 1 fully saturated rings. The summed E-state index contributed by atoms with van der Waals surface area (Å²) < 4.78 is 0. The van der Waals surface area contributed by atoms with Gasteiger partial charge in [0.05, 0.1) is 0 Å². The van der Waals surface area contributed by atoms with E-state index in [0.29, 0.717) is 0 Å². The van der Waals surface area contributed by atoms with Gasteiger partial charge in [0.1, 0.15) is 0 Å². The highest BCUT2D eigenvalue weighted by molar-refractivity contribution is 5.85. The zero-order valence-electron chi connectivity index (χ0n) is 8.42. The van der Waals surface area contributed by atoms with Crippen LogP contribution in [0.25, 0.3) is 0 Å². The highest BCUT2D eigenvalue weighted by Crippen LogP contribution is 2.43. The van der Waals surface area contributed by atoms with E-state index < -0.39 is 0 Å². The number of nitrogens with one attached hydrogen (secondary N) is 1. The molecule has 0 radical (unpaired) electrons. The van der Waals surface area contributed by atoms with E-state index in [1.807, 2.05) is 0 Å². The minimum absolute atomic E-state index is 0. The predicted molar refractivity (Wildman–Crippen MR) is 61.4 cm³/mol. The predicted octanol–water partition coefficient (Wildman–Crippen LogP) is 2.59. The normalized spacial score (nSPS) is 28.1.